The predicted octanol–water partition coefficient (Wildman–Crippen LogP) is 3.91. The number of carbonyl (C=O) groups is 2. The molecule has 1 aliphatic rings. The Balaban J connectivity index is 1.96. The number of amides is 2. The zero-order valence-electron chi connectivity index (χ0n) is 13.1. The largest absolute Gasteiger partial charge is 0.325 e. The van der Waals surface area contributed by atoms with Crippen molar-refractivity contribution in [3.05, 3.63) is 27.1 Å². The Kier molecular flexibility index (Phi) is 7.00. The van der Waals surface area contributed by atoms with E-state index in [0.717, 1.165) is 21.1 Å². The lowest BCUT2D eigenvalue weighted by atomic mass is 10.2. The molecule has 2 N–H and O–H groups in total. The second kappa shape index (κ2) is 8.77. The van der Waals surface area contributed by atoms with E-state index in [9.17, 15) is 9.59 Å². The molecule has 0 bridgehead atoms. The molecule has 1 unspecified atom stereocenters. The topological polar surface area (TPSA) is 82.9 Å². The van der Waals surface area contributed by atoms with Crippen molar-refractivity contribution < 1.29 is 9.59 Å². The van der Waals surface area contributed by atoms with Crippen LogP contribution in [-0.4, -0.2) is 27.9 Å². The van der Waals surface area contributed by atoms with Gasteiger partial charge < -0.3 is 10.6 Å². The van der Waals surface area contributed by atoms with Crippen LogP contribution in [0.5, 0.6) is 0 Å². The van der Waals surface area contributed by atoms with E-state index in [-0.39, 0.29) is 18.2 Å². The maximum atomic E-state index is 12.2. The van der Waals surface area contributed by atoms with Gasteiger partial charge in [-0.1, -0.05) is 34.6 Å². The molecule has 1 atom stereocenters. The van der Waals surface area contributed by atoms with E-state index in [4.69, 9.17) is 0 Å². The third kappa shape index (κ3) is 5.42. The summed E-state index contributed by atoms with van der Waals surface area (Å²) in [4.78, 5) is 24.1. The third-order valence-electron chi connectivity index (χ3n) is 3.18. The van der Waals surface area contributed by atoms with Crippen molar-refractivity contribution in [2.75, 3.05) is 5.32 Å². The normalized spacial score (nSPS) is 19.5. The summed E-state index contributed by atoms with van der Waals surface area (Å²) >= 11 is 7.96. The van der Waals surface area contributed by atoms with Gasteiger partial charge in [0, 0.05) is 21.1 Å². The first-order chi connectivity index (χ1) is 11.4. The van der Waals surface area contributed by atoms with Crippen molar-refractivity contribution in [1.82, 2.24) is 5.32 Å². The second-order valence-electron chi connectivity index (χ2n) is 5.07. The van der Waals surface area contributed by atoms with E-state index in [2.05, 4.69) is 52.7 Å². The molecule has 1 fully saturated rings. The van der Waals surface area contributed by atoms with E-state index in [1.807, 2.05) is 26.0 Å². The molecular formula is C15H16Br2N4O2S. The minimum absolute atomic E-state index is 0.0640. The summed E-state index contributed by atoms with van der Waals surface area (Å²) in [6, 6.07) is 5.45. The summed E-state index contributed by atoms with van der Waals surface area (Å²) in [5.74, 6) is -0.465. The van der Waals surface area contributed by atoms with Crippen molar-refractivity contribution in [3.8, 4) is 0 Å². The van der Waals surface area contributed by atoms with Gasteiger partial charge in [0.15, 0.2) is 5.17 Å². The van der Waals surface area contributed by atoms with Gasteiger partial charge in [-0.15, -0.1) is 5.10 Å². The van der Waals surface area contributed by atoms with Crippen molar-refractivity contribution in [2.45, 2.75) is 31.9 Å². The Labute approximate surface area is 161 Å². The number of thioether (sulfide) groups is 1. The number of hydrogen-bond acceptors (Lipinski definition) is 5. The van der Waals surface area contributed by atoms with E-state index in [0.29, 0.717) is 10.9 Å². The average molecular weight is 476 g/mol. The molecule has 24 heavy (non-hydrogen) atoms. The molecule has 1 aromatic carbocycles. The highest BCUT2D eigenvalue weighted by atomic mass is 79.9. The number of carbonyl (C=O) groups excluding carboxylic acids is 2. The molecule has 0 radical (unpaired) electrons. The fourth-order valence-corrected chi connectivity index (χ4v) is 3.81. The van der Waals surface area contributed by atoms with Crippen LogP contribution in [0.15, 0.2) is 37.3 Å². The zero-order chi connectivity index (χ0) is 17.7. The van der Waals surface area contributed by atoms with Crippen molar-refractivity contribution in [1.29, 1.82) is 0 Å². The lowest BCUT2D eigenvalue weighted by Gasteiger charge is -2.09. The minimum Gasteiger partial charge on any atom is -0.325 e. The summed E-state index contributed by atoms with van der Waals surface area (Å²) in [5, 5.41) is 13.4. The molecule has 1 saturated heterocycles. The van der Waals surface area contributed by atoms with Crippen LogP contribution in [0, 0.1) is 0 Å². The molecule has 2 amide bonds. The summed E-state index contributed by atoms with van der Waals surface area (Å²) in [7, 11) is 0. The Morgan fingerprint density at radius 1 is 1.42 bits per heavy atom. The van der Waals surface area contributed by atoms with Crippen LogP contribution in [-0.2, 0) is 9.59 Å². The molecular weight excluding hydrogens is 460 g/mol. The molecule has 0 spiro atoms. The summed E-state index contributed by atoms with van der Waals surface area (Å²) in [6.07, 6.45) is 0.859. The van der Waals surface area contributed by atoms with E-state index in [1.54, 1.807) is 6.07 Å². The molecule has 1 aliphatic heterocycles. The van der Waals surface area contributed by atoms with Crippen LogP contribution in [0.1, 0.15) is 26.7 Å². The lowest BCUT2D eigenvalue weighted by Crippen LogP contribution is -2.28. The number of rotatable bonds is 5. The first-order valence-corrected chi connectivity index (χ1v) is 9.69. The van der Waals surface area contributed by atoms with Crippen LogP contribution in [0.3, 0.4) is 0 Å². The molecule has 9 heteroatoms. The molecule has 1 heterocycles. The molecule has 2 rings (SSSR count). The van der Waals surface area contributed by atoms with E-state index < -0.39 is 5.25 Å². The second-order valence-corrected chi connectivity index (χ2v) is 8.03. The number of nitrogens with one attached hydrogen (secondary N) is 2. The highest BCUT2D eigenvalue weighted by molar-refractivity contribution is 9.11. The van der Waals surface area contributed by atoms with Gasteiger partial charge in [0.2, 0.25) is 11.8 Å². The van der Waals surface area contributed by atoms with Gasteiger partial charge in [-0.2, -0.15) is 5.10 Å². The Morgan fingerprint density at radius 3 is 2.83 bits per heavy atom. The van der Waals surface area contributed by atoms with Crippen LogP contribution in [0.2, 0.25) is 0 Å². The zero-order valence-corrected chi connectivity index (χ0v) is 17.1. The molecule has 0 aromatic heterocycles. The van der Waals surface area contributed by atoms with Crippen molar-refractivity contribution >= 4 is 72.0 Å². The first kappa shape index (κ1) is 19.1. The highest BCUT2D eigenvalue weighted by Gasteiger charge is 2.32. The van der Waals surface area contributed by atoms with Gasteiger partial charge in [0.05, 0.1) is 5.69 Å². The average Bonchev–Trinajstić information content (AvgIpc) is 2.87. The molecule has 6 nitrogen and oxygen atoms in total. The number of halogens is 2. The standard InChI is InChI=1S/C15H16Br2N4O2S/c1-3-8(2)20-21-15-19-14(23)12(24-15)7-13(22)18-11-5-4-9(16)6-10(11)17/h4-6,12H,3,7H2,1-2H3,(H,18,22)(H,19,21,23). The molecule has 0 saturated carbocycles. The fraction of sp³-hybridized carbons (Fsp3) is 0.333. The van der Waals surface area contributed by atoms with E-state index in [1.165, 1.54) is 11.8 Å². The van der Waals surface area contributed by atoms with Gasteiger partial charge in [-0.3, -0.25) is 9.59 Å². The monoisotopic (exact) mass is 474 g/mol. The van der Waals surface area contributed by atoms with Crippen LogP contribution >= 0.6 is 43.6 Å². The summed E-state index contributed by atoms with van der Waals surface area (Å²) in [6.45, 7) is 3.85. The predicted molar refractivity (Wildman–Crippen MR) is 105 cm³/mol. The summed E-state index contributed by atoms with van der Waals surface area (Å²) in [5.41, 5.74) is 1.53. The van der Waals surface area contributed by atoms with Crippen LogP contribution in [0.25, 0.3) is 0 Å². The number of amidine groups is 1. The van der Waals surface area contributed by atoms with Crippen molar-refractivity contribution in [3.63, 3.8) is 0 Å². The number of anilines is 1. The maximum Gasteiger partial charge on any atom is 0.240 e. The fourth-order valence-electron chi connectivity index (χ4n) is 1.75. The smallest absolute Gasteiger partial charge is 0.240 e. The van der Waals surface area contributed by atoms with Gasteiger partial charge >= 0.3 is 0 Å². The third-order valence-corrected chi connectivity index (χ3v) is 5.40. The van der Waals surface area contributed by atoms with Crippen LogP contribution < -0.4 is 10.6 Å². The number of nitrogens with zero attached hydrogens (tertiary/aromatic N) is 2. The molecule has 1 aromatic rings. The number of hydrogen-bond donors (Lipinski definition) is 2. The Morgan fingerprint density at radius 2 is 2.17 bits per heavy atom. The Hall–Kier alpha value is -1.19. The van der Waals surface area contributed by atoms with Crippen molar-refractivity contribution in [2.24, 2.45) is 10.2 Å². The maximum absolute atomic E-state index is 12.2. The SMILES string of the molecule is CCC(C)=N/N=C1\NC(=O)C(CC(=O)Nc2ccc(Br)cc2Br)S1. The van der Waals surface area contributed by atoms with Gasteiger partial charge in [-0.05, 0) is 47.5 Å². The first-order valence-electron chi connectivity index (χ1n) is 7.22. The van der Waals surface area contributed by atoms with Gasteiger partial charge in [0.1, 0.15) is 5.25 Å². The number of benzene rings is 1. The molecule has 128 valence electrons. The highest BCUT2D eigenvalue weighted by Crippen LogP contribution is 2.27. The van der Waals surface area contributed by atoms with Gasteiger partial charge in [0.25, 0.3) is 0 Å². The quantitative estimate of drug-likeness (QED) is 0.500. The lowest BCUT2D eigenvalue weighted by molar-refractivity contribution is -0.122. The molecule has 0 aliphatic carbocycles. The summed E-state index contributed by atoms with van der Waals surface area (Å²) < 4.78 is 1.67. The van der Waals surface area contributed by atoms with E-state index >= 15 is 0 Å². The minimum atomic E-state index is -0.505. The Bertz CT molecular complexity index is 721. The van der Waals surface area contributed by atoms with Crippen LogP contribution in [0.4, 0.5) is 5.69 Å². The van der Waals surface area contributed by atoms with Gasteiger partial charge in [-0.25, -0.2) is 0 Å².